The van der Waals surface area contributed by atoms with E-state index in [0.29, 0.717) is 27.7 Å². The molecular formula is C18H14ClN3O2S. The summed E-state index contributed by atoms with van der Waals surface area (Å²) in [7, 11) is 0. The van der Waals surface area contributed by atoms with Crippen molar-refractivity contribution in [2.24, 2.45) is 0 Å². The first-order chi connectivity index (χ1) is 12.0. The number of anilines is 1. The van der Waals surface area contributed by atoms with E-state index >= 15 is 0 Å². The Bertz CT molecular complexity index is 968. The molecule has 0 bridgehead atoms. The third-order valence-electron chi connectivity index (χ3n) is 3.75. The average Bonchev–Trinajstić information content (AvgIpc) is 2.97. The molecule has 0 aliphatic carbocycles. The van der Waals surface area contributed by atoms with Gasteiger partial charge < -0.3 is 9.73 Å². The predicted octanol–water partition coefficient (Wildman–Crippen LogP) is 4.92. The van der Waals surface area contributed by atoms with Gasteiger partial charge in [-0.1, -0.05) is 11.6 Å². The molecule has 0 unspecified atom stereocenters. The van der Waals surface area contributed by atoms with Gasteiger partial charge >= 0.3 is 0 Å². The van der Waals surface area contributed by atoms with Crippen LogP contribution >= 0.6 is 23.4 Å². The summed E-state index contributed by atoms with van der Waals surface area (Å²) in [5, 5.41) is 13.6. The maximum absolute atomic E-state index is 11.8. The Morgan fingerprint density at radius 1 is 1.32 bits per heavy atom. The fourth-order valence-corrected chi connectivity index (χ4v) is 2.82. The third-order valence-corrected chi connectivity index (χ3v) is 4.62. The minimum Gasteiger partial charge on any atom is -0.436 e. The van der Waals surface area contributed by atoms with E-state index in [9.17, 15) is 4.79 Å². The Morgan fingerprint density at radius 3 is 2.84 bits per heavy atom. The van der Waals surface area contributed by atoms with Crippen molar-refractivity contribution >= 4 is 46.1 Å². The molecule has 1 aromatic heterocycles. The van der Waals surface area contributed by atoms with Gasteiger partial charge in [-0.25, -0.2) is 4.98 Å². The molecule has 25 heavy (non-hydrogen) atoms. The SMILES string of the molecule is Cc1cc2nc(-c3cc(NC(=O)CSC#N)ccc3Cl)oc2cc1C. The number of halogens is 1. The highest BCUT2D eigenvalue weighted by molar-refractivity contribution is 8.04. The lowest BCUT2D eigenvalue weighted by Gasteiger charge is -2.06. The average molecular weight is 372 g/mol. The van der Waals surface area contributed by atoms with Crippen molar-refractivity contribution in [3.63, 3.8) is 0 Å². The van der Waals surface area contributed by atoms with Gasteiger partial charge in [-0.15, -0.1) is 0 Å². The Balaban J connectivity index is 1.95. The van der Waals surface area contributed by atoms with E-state index in [1.54, 1.807) is 18.2 Å². The van der Waals surface area contributed by atoms with Crippen molar-refractivity contribution in [1.82, 2.24) is 4.98 Å². The zero-order valence-corrected chi connectivity index (χ0v) is 15.2. The number of hydrogen-bond donors (Lipinski definition) is 1. The van der Waals surface area contributed by atoms with Crippen LogP contribution in [0.25, 0.3) is 22.6 Å². The molecule has 126 valence electrons. The molecule has 0 aliphatic rings. The number of fused-ring (bicyclic) bond motifs is 1. The molecule has 7 heteroatoms. The van der Waals surface area contributed by atoms with Gasteiger partial charge in [0.05, 0.1) is 16.3 Å². The molecule has 1 N–H and O–H groups in total. The summed E-state index contributed by atoms with van der Waals surface area (Å²) < 4.78 is 5.84. The summed E-state index contributed by atoms with van der Waals surface area (Å²) in [4.78, 5) is 16.3. The molecule has 0 radical (unpaired) electrons. The van der Waals surface area contributed by atoms with Crippen LogP contribution in [-0.4, -0.2) is 16.6 Å². The molecule has 2 aromatic carbocycles. The van der Waals surface area contributed by atoms with E-state index in [2.05, 4.69) is 10.3 Å². The number of carbonyl (C=O) groups is 1. The van der Waals surface area contributed by atoms with Gasteiger partial charge in [0.25, 0.3) is 0 Å². The summed E-state index contributed by atoms with van der Waals surface area (Å²) in [6.45, 7) is 4.03. The number of rotatable bonds is 4. The van der Waals surface area contributed by atoms with Crippen LogP contribution in [0.4, 0.5) is 5.69 Å². The summed E-state index contributed by atoms with van der Waals surface area (Å²) >= 11 is 7.16. The highest BCUT2D eigenvalue weighted by Gasteiger charge is 2.14. The van der Waals surface area contributed by atoms with E-state index < -0.39 is 0 Å². The second-order valence-corrected chi connectivity index (χ2v) is 6.71. The van der Waals surface area contributed by atoms with E-state index in [4.69, 9.17) is 21.3 Å². The summed E-state index contributed by atoms with van der Waals surface area (Å²) in [6, 6.07) is 8.99. The zero-order valence-electron chi connectivity index (χ0n) is 13.6. The standard InChI is InChI=1S/C18H14ClN3O2S/c1-10-5-15-16(6-11(10)2)24-18(22-15)13-7-12(3-4-14(13)19)21-17(23)8-25-9-20/h3-7H,8H2,1-2H3,(H,21,23). The topological polar surface area (TPSA) is 78.9 Å². The number of oxazole rings is 1. The number of thioether (sulfide) groups is 1. The molecule has 3 aromatic rings. The van der Waals surface area contributed by atoms with Crippen molar-refractivity contribution in [2.45, 2.75) is 13.8 Å². The minimum atomic E-state index is -0.261. The van der Waals surface area contributed by atoms with Gasteiger partial charge in [-0.05, 0) is 67.1 Å². The van der Waals surface area contributed by atoms with Crippen LogP contribution < -0.4 is 5.32 Å². The molecule has 0 saturated carbocycles. The third kappa shape index (κ3) is 3.78. The van der Waals surface area contributed by atoms with E-state index in [1.165, 1.54) is 0 Å². The molecule has 3 rings (SSSR count). The van der Waals surface area contributed by atoms with Crippen molar-refractivity contribution in [1.29, 1.82) is 5.26 Å². The Kier molecular flexibility index (Phi) is 4.98. The van der Waals surface area contributed by atoms with Gasteiger partial charge in [0.15, 0.2) is 5.58 Å². The van der Waals surface area contributed by atoms with Gasteiger partial charge in [0, 0.05) is 5.69 Å². The maximum Gasteiger partial charge on any atom is 0.235 e. The Hall–Kier alpha value is -2.49. The van der Waals surface area contributed by atoms with Gasteiger partial charge in [-0.3, -0.25) is 4.79 Å². The van der Waals surface area contributed by atoms with Crippen LogP contribution in [0.5, 0.6) is 0 Å². The molecule has 1 amide bonds. The normalized spacial score (nSPS) is 10.6. The molecule has 0 saturated heterocycles. The van der Waals surface area contributed by atoms with Crippen LogP contribution in [0.3, 0.4) is 0 Å². The largest absolute Gasteiger partial charge is 0.436 e. The molecule has 5 nitrogen and oxygen atoms in total. The van der Waals surface area contributed by atoms with Crippen LogP contribution in [-0.2, 0) is 4.79 Å². The highest BCUT2D eigenvalue weighted by atomic mass is 35.5. The Labute approximate surface area is 154 Å². The van der Waals surface area contributed by atoms with Crippen LogP contribution in [0.15, 0.2) is 34.7 Å². The smallest absolute Gasteiger partial charge is 0.235 e. The van der Waals surface area contributed by atoms with Gasteiger partial charge in [0.1, 0.15) is 10.9 Å². The van der Waals surface area contributed by atoms with Gasteiger partial charge in [-0.2, -0.15) is 5.26 Å². The minimum absolute atomic E-state index is 0.0654. The molecular weight excluding hydrogens is 358 g/mol. The fourth-order valence-electron chi connectivity index (χ4n) is 2.36. The molecule has 0 aliphatic heterocycles. The number of nitrogens with zero attached hydrogens (tertiary/aromatic N) is 2. The first-order valence-electron chi connectivity index (χ1n) is 7.46. The molecule has 0 atom stereocenters. The van der Waals surface area contributed by atoms with Crippen molar-refractivity contribution < 1.29 is 9.21 Å². The first-order valence-corrected chi connectivity index (χ1v) is 8.82. The van der Waals surface area contributed by atoms with Gasteiger partial charge in [0.2, 0.25) is 11.8 Å². The van der Waals surface area contributed by atoms with Crippen LogP contribution in [0.2, 0.25) is 5.02 Å². The maximum atomic E-state index is 11.8. The lowest BCUT2D eigenvalue weighted by molar-refractivity contribution is -0.113. The van der Waals surface area contributed by atoms with E-state index in [1.807, 2.05) is 31.4 Å². The molecule has 0 spiro atoms. The number of nitrogens with one attached hydrogen (secondary N) is 1. The van der Waals surface area contributed by atoms with Crippen molar-refractivity contribution in [3.8, 4) is 16.9 Å². The number of benzene rings is 2. The number of aryl methyl sites for hydroxylation is 2. The first kappa shape index (κ1) is 17.3. The fraction of sp³-hybridized carbons (Fsp3) is 0.167. The summed E-state index contributed by atoms with van der Waals surface area (Å²) in [5.41, 5.74) is 4.87. The molecule has 1 heterocycles. The summed E-state index contributed by atoms with van der Waals surface area (Å²) in [5.74, 6) is 0.201. The predicted molar refractivity (Wildman–Crippen MR) is 101 cm³/mol. The van der Waals surface area contributed by atoms with Crippen LogP contribution in [0.1, 0.15) is 11.1 Å². The number of aromatic nitrogens is 1. The highest BCUT2D eigenvalue weighted by Crippen LogP contribution is 2.33. The van der Waals surface area contributed by atoms with Crippen molar-refractivity contribution in [2.75, 3.05) is 11.1 Å². The second kappa shape index (κ2) is 7.18. The Morgan fingerprint density at radius 2 is 2.08 bits per heavy atom. The number of hydrogen-bond acceptors (Lipinski definition) is 5. The quantitative estimate of drug-likeness (QED) is 0.658. The van der Waals surface area contributed by atoms with Crippen molar-refractivity contribution in [3.05, 3.63) is 46.5 Å². The van der Waals surface area contributed by atoms with Crippen LogP contribution in [0, 0.1) is 24.5 Å². The number of nitriles is 1. The van der Waals surface area contributed by atoms with E-state index in [-0.39, 0.29) is 11.7 Å². The second-order valence-electron chi connectivity index (χ2n) is 5.55. The lowest BCUT2D eigenvalue weighted by Crippen LogP contribution is -2.13. The monoisotopic (exact) mass is 371 g/mol. The number of carbonyl (C=O) groups excluding carboxylic acids is 1. The summed E-state index contributed by atoms with van der Waals surface area (Å²) in [6.07, 6.45) is 0. The number of amides is 1. The van der Waals surface area contributed by atoms with E-state index in [0.717, 1.165) is 28.4 Å². The lowest BCUT2D eigenvalue weighted by atomic mass is 10.1. The molecule has 0 fully saturated rings. The zero-order chi connectivity index (χ0) is 18.0. The number of thiocyanates is 1.